The average molecular weight is 340 g/mol. The summed E-state index contributed by atoms with van der Waals surface area (Å²) in [4.78, 5) is 19.9. The molecular formula is C20H24N2O3. The van der Waals surface area contributed by atoms with Crippen LogP contribution in [0.1, 0.15) is 54.9 Å². The Morgan fingerprint density at radius 2 is 1.96 bits per heavy atom. The quantitative estimate of drug-likeness (QED) is 0.661. The van der Waals surface area contributed by atoms with Gasteiger partial charge in [0.1, 0.15) is 0 Å². The Labute approximate surface area is 147 Å². The van der Waals surface area contributed by atoms with Crippen molar-refractivity contribution in [1.82, 2.24) is 9.97 Å². The number of fused-ring (bicyclic) bond motifs is 3. The molecule has 0 bridgehead atoms. The molecule has 0 spiro atoms. The van der Waals surface area contributed by atoms with Gasteiger partial charge in [-0.25, -0.2) is 9.78 Å². The highest BCUT2D eigenvalue weighted by molar-refractivity contribution is 6.12. The van der Waals surface area contributed by atoms with Crippen LogP contribution in [0, 0.1) is 6.92 Å². The first-order valence-electron chi connectivity index (χ1n) is 8.80. The van der Waals surface area contributed by atoms with E-state index in [1.807, 2.05) is 26.0 Å². The Hall–Kier alpha value is -2.40. The summed E-state index contributed by atoms with van der Waals surface area (Å²) in [6.45, 7) is 8.83. The van der Waals surface area contributed by atoms with Crippen molar-refractivity contribution in [1.29, 1.82) is 0 Å². The maximum absolute atomic E-state index is 12.2. The fraction of sp³-hybridized carbons (Fsp3) is 0.400. The Morgan fingerprint density at radius 3 is 2.64 bits per heavy atom. The number of nitrogens with zero attached hydrogens (tertiary/aromatic N) is 1. The van der Waals surface area contributed by atoms with Gasteiger partial charge in [0.05, 0.1) is 24.4 Å². The minimum Gasteiger partial charge on any atom is -0.461 e. The summed E-state index contributed by atoms with van der Waals surface area (Å²) in [7, 11) is 0. The fourth-order valence-electron chi connectivity index (χ4n) is 3.43. The molecule has 3 aromatic rings. The lowest BCUT2D eigenvalue weighted by Gasteiger charge is -2.17. The van der Waals surface area contributed by atoms with E-state index >= 15 is 0 Å². The molecule has 0 fully saturated rings. The minimum atomic E-state index is -0.384. The molecule has 1 N–H and O–H groups in total. The Bertz CT molecular complexity index is 914. The summed E-state index contributed by atoms with van der Waals surface area (Å²) >= 11 is 0. The molecule has 2 heterocycles. The third kappa shape index (κ3) is 3.00. The highest BCUT2D eigenvalue weighted by atomic mass is 16.5. The molecule has 1 unspecified atom stereocenters. The number of aromatic nitrogens is 2. The Morgan fingerprint density at radius 1 is 1.16 bits per heavy atom. The molecule has 2 aromatic heterocycles. The molecule has 3 rings (SSSR count). The zero-order valence-corrected chi connectivity index (χ0v) is 15.2. The molecule has 0 aliphatic heterocycles. The maximum atomic E-state index is 12.2. The van der Waals surface area contributed by atoms with Crippen LogP contribution in [0.3, 0.4) is 0 Å². The van der Waals surface area contributed by atoms with Gasteiger partial charge in [0, 0.05) is 22.9 Å². The third-order valence-corrected chi connectivity index (χ3v) is 4.49. The summed E-state index contributed by atoms with van der Waals surface area (Å²) in [6, 6.07) is 6.17. The monoisotopic (exact) mass is 340 g/mol. The predicted octanol–water partition coefficient (Wildman–Crippen LogP) is 4.69. The first kappa shape index (κ1) is 17.4. The predicted molar refractivity (Wildman–Crippen MR) is 99.0 cm³/mol. The molecule has 25 heavy (non-hydrogen) atoms. The van der Waals surface area contributed by atoms with Crippen molar-refractivity contribution in [3.05, 3.63) is 41.2 Å². The number of rotatable bonds is 6. The van der Waals surface area contributed by atoms with Gasteiger partial charge in [0.25, 0.3) is 0 Å². The van der Waals surface area contributed by atoms with E-state index in [0.29, 0.717) is 18.9 Å². The first-order valence-corrected chi connectivity index (χ1v) is 8.80. The van der Waals surface area contributed by atoms with Crippen molar-refractivity contribution in [2.24, 2.45) is 0 Å². The van der Waals surface area contributed by atoms with E-state index in [9.17, 15) is 4.79 Å². The average Bonchev–Trinajstić information content (AvgIpc) is 2.99. The Kier molecular flexibility index (Phi) is 5.04. The molecule has 5 nitrogen and oxygen atoms in total. The lowest BCUT2D eigenvalue weighted by Crippen LogP contribution is -2.09. The van der Waals surface area contributed by atoms with Crippen LogP contribution in [0.15, 0.2) is 24.4 Å². The summed E-state index contributed by atoms with van der Waals surface area (Å²) < 4.78 is 11.1. The number of esters is 1. The van der Waals surface area contributed by atoms with Gasteiger partial charge in [-0.3, -0.25) is 0 Å². The van der Waals surface area contributed by atoms with E-state index in [-0.39, 0.29) is 12.1 Å². The molecule has 0 saturated heterocycles. The van der Waals surface area contributed by atoms with Crippen molar-refractivity contribution in [3.63, 3.8) is 0 Å². The van der Waals surface area contributed by atoms with E-state index in [1.165, 1.54) is 0 Å². The molecule has 0 aliphatic rings. The Balaban J connectivity index is 2.30. The van der Waals surface area contributed by atoms with Crippen molar-refractivity contribution < 1.29 is 14.3 Å². The minimum absolute atomic E-state index is 0.0197. The lowest BCUT2D eigenvalue weighted by molar-refractivity contribution is 0.0519. The number of carbonyl (C=O) groups is 1. The van der Waals surface area contributed by atoms with Gasteiger partial charge in [0.15, 0.2) is 5.69 Å². The van der Waals surface area contributed by atoms with Crippen LogP contribution in [0.4, 0.5) is 0 Å². The second-order valence-electron chi connectivity index (χ2n) is 5.99. The van der Waals surface area contributed by atoms with Crippen molar-refractivity contribution >= 4 is 27.8 Å². The number of hydrogen-bond donors (Lipinski definition) is 1. The third-order valence-electron chi connectivity index (χ3n) is 4.49. The van der Waals surface area contributed by atoms with Gasteiger partial charge in [-0.1, -0.05) is 19.1 Å². The second-order valence-corrected chi connectivity index (χ2v) is 5.99. The molecule has 0 saturated carbocycles. The first-order chi connectivity index (χ1) is 12.1. The highest BCUT2D eigenvalue weighted by Gasteiger charge is 2.21. The topological polar surface area (TPSA) is 64.2 Å². The van der Waals surface area contributed by atoms with E-state index < -0.39 is 0 Å². The van der Waals surface area contributed by atoms with Crippen molar-refractivity contribution in [2.45, 2.75) is 40.2 Å². The van der Waals surface area contributed by atoms with Gasteiger partial charge in [-0.2, -0.15) is 0 Å². The number of nitrogens with one attached hydrogen (secondary N) is 1. The zero-order chi connectivity index (χ0) is 18.0. The largest absolute Gasteiger partial charge is 0.461 e. The molecule has 0 aliphatic carbocycles. The van der Waals surface area contributed by atoms with E-state index in [0.717, 1.165) is 39.4 Å². The number of carbonyl (C=O) groups excluding carboxylic acids is 1. The van der Waals surface area contributed by atoms with Gasteiger partial charge in [-0.05, 0) is 44.4 Å². The van der Waals surface area contributed by atoms with Gasteiger partial charge < -0.3 is 14.5 Å². The number of ether oxygens (including phenoxy) is 2. The second kappa shape index (κ2) is 7.23. The van der Waals surface area contributed by atoms with E-state index in [4.69, 9.17) is 9.47 Å². The number of pyridine rings is 1. The maximum Gasteiger partial charge on any atom is 0.357 e. The standard InChI is InChI=1S/C20H24N2O3/c1-5-16(24-6-2)13-9-8-10-14-18(13)17-12(4)19(20(23)25-7-3)21-11-15(17)22-14/h8-11,16,22H,5-7H2,1-4H3. The number of hydrogen-bond acceptors (Lipinski definition) is 4. The summed E-state index contributed by atoms with van der Waals surface area (Å²) in [5.41, 5.74) is 4.28. The zero-order valence-electron chi connectivity index (χ0n) is 15.2. The van der Waals surface area contributed by atoms with Gasteiger partial charge in [-0.15, -0.1) is 0 Å². The molecule has 5 heteroatoms. The van der Waals surface area contributed by atoms with E-state index in [1.54, 1.807) is 13.1 Å². The van der Waals surface area contributed by atoms with Crippen LogP contribution in [-0.2, 0) is 9.47 Å². The smallest absolute Gasteiger partial charge is 0.357 e. The van der Waals surface area contributed by atoms with Gasteiger partial charge in [0.2, 0.25) is 0 Å². The highest BCUT2D eigenvalue weighted by Crippen LogP contribution is 2.36. The summed E-state index contributed by atoms with van der Waals surface area (Å²) in [5.74, 6) is -0.384. The van der Waals surface area contributed by atoms with Crippen LogP contribution >= 0.6 is 0 Å². The van der Waals surface area contributed by atoms with Crippen molar-refractivity contribution in [3.8, 4) is 0 Å². The summed E-state index contributed by atoms with van der Waals surface area (Å²) in [5, 5.41) is 2.12. The van der Waals surface area contributed by atoms with Crippen LogP contribution in [-0.4, -0.2) is 29.2 Å². The summed E-state index contributed by atoms with van der Waals surface area (Å²) in [6.07, 6.45) is 2.61. The SMILES string of the molecule is CCOC(=O)c1ncc2[nH]c3cccc(C(CC)OCC)c3c2c1C. The number of aromatic amines is 1. The molecule has 1 atom stereocenters. The van der Waals surface area contributed by atoms with Crippen LogP contribution < -0.4 is 0 Å². The molecule has 0 radical (unpaired) electrons. The van der Waals surface area contributed by atoms with Crippen LogP contribution in [0.25, 0.3) is 21.8 Å². The van der Waals surface area contributed by atoms with Gasteiger partial charge >= 0.3 is 5.97 Å². The van der Waals surface area contributed by atoms with Crippen molar-refractivity contribution in [2.75, 3.05) is 13.2 Å². The number of benzene rings is 1. The fourth-order valence-corrected chi connectivity index (χ4v) is 3.43. The molecular weight excluding hydrogens is 316 g/mol. The number of aryl methyl sites for hydroxylation is 1. The van der Waals surface area contributed by atoms with Crippen LogP contribution in [0.5, 0.6) is 0 Å². The van der Waals surface area contributed by atoms with E-state index in [2.05, 4.69) is 23.0 Å². The normalized spacial score (nSPS) is 12.6. The molecule has 132 valence electrons. The number of H-pyrrole nitrogens is 1. The molecule has 0 amide bonds. The van der Waals surface area contributed by atoms with Crippen LogP contribution in [0.2, 0.25) is 0 Å². The molecule has 1 aromatic carbocycles. The lowest BCUT2D eigenvalue weighted by atomic mass is 9.98.